The average Bonchev–Trinajstić information content (AvgIpc) is 2.27. The maximum atomic E-state index is 11.7. The summed E-state index contributed by atoms with van der Waals surface area (Å²) in [6.07, 6.45) is 0.760. The first-order valence-corrected chi connectivity index (χ1v) is 5.28. The molecule has 0 amide bonds. The van der Waals surface area contributed by atoms with Gasteiger partial charge < -0.3 is 11.1 Å². The van der Waals surface area contributed by atoms with E-state index in [-0.39, 0.29) is 17.9 Å². The van der Waals surface area contributed by atoms with Crippen LogP contribution in [0, 0.1) is 0 Å². The second-order valence-electron chi connectivity index (χ2n) is 4.10. The largest absolute Gasteiger partial charge is 0.322 e. The van der Waals surface area contributed by atoms with Gasteiger partial charge in [0.05, 0.1) is 12.1 Å². The molecule has 1 aromatic carbocycles. The molecule has 2 unspecified atom stereocenters. The maximum absolute atomic E-state index is 11.7. The molecule has 0 spiro atoms. The molecular weight excluding hydrogens is 188 g/mol. The van der Waals surface area contributed by atoms with Gasteiger partial charge in [-0.1, -0.05) is 24.3 Å². The van der Waals surface area contributed by atoms with E-state index < -0.39 is 0 Å². The van der Waals surface area contributed by atoms with Crippen molar-refractivity contribution in [2.24, 2.45) is 5.73 Å². The van der Waals surface area contributed by atoms with Crippen LogP contribution in [0.4, 0.5) is 0 Å². The molecule has 0 aliphatic carbocycles. The van der Waals surface area contributed by atoms with E-state index in [1.807, 2.05) is 12.1 Å². The van der Waals surface area contributed by atoms with Crippen molar-refractivity contribution in [2.75, 3.05) is 0 Å². The third-order valence-electron chi connectivity index (χ3n) is 2.87. The van der Waals surface area contributed by atoms with Crippen molar-refractivity contribution in [1.82, 2.24) is 5.32 Å². The highest BCUT2D eigenvalue weighted by Gasteiger charge is 2.25. The fourth-order valence-corrected chi connectivity index (χ4v) is 1.97. The number of benzene rings is 1. The van der Waals surface area contributed by atoms with Crippen LogP contribution in [-0.4, -0.2) is 17.9 Å². The van der Waals surface area contributed by atoms with Crippen molar-refractivity contribution in [3.05, 3.63) is 35.4 Å². The van der Waals surface area contributed by atoms with Gasteiger partial charge in [0.2, 0.25) is 0 Å². The number of hydrogen-bond acceptors (Lipinski definition) is 3. The van der Waals surface area contributed by atoms with Crippen molar-refractivity contribution < 1.29 is 4.79 Å². The van der Waals surface area contributed by atoms with Gasteiger partial charge in [-0.25, -0.2) is 0 Å². The first-order valence-electron chi connectivity index (χ1n) is 5.28. The quantitative estimate of drug-likeness (QED) is 0.742. The van der Waals surface area contributed by atoms with Gasteiger partial charge >= 0.3 is 0 Å². The van der Waals surface area contributed by atoms with Crippen molar-refractivity contribution in [1.29, 1.82) is 0 Å². The molecule has 1 aromatic rings. The predicted octanol–water partition coefficient (Wildman–Crippen LogP) is 0.617. The van der Waals surface area contributed by atoms with Gasteiger partial charge in [-0.05, 0) is 24.5 Å². The first-order chi connectivity index (χ1) is 7.18. The molecule has 15 heavy (non-hydrogen) atoms. The van der Waals surface area contributed by atoms with E-state index in [4.69, 9.17) is 5.73 Å². The molecule has 0 aromatic heterocycles. The zero-order chi connectivity index (χ0) is 10.8. The Morgan fingerprint density at radius 2 is 2.13 bits per heavy atom. The topological polar surface area (TPSA) is 55.1 Å². The molecule has 1 heterocycles. The minimum Gasteiger partial charge on any atom is -0.322 e. The van der Waals surface area contributed by atoms with Crippen LogP contribution in [0.25, 0.3) is 0 Å². The molecule has 0 saturated carbocycles. The van der Waals surface area contributed by atoms with Gasteiger partial charge in [0, 0.05) is 6.54 Å². The Morgan fingerprint density at radius 3 is 2.80 bits per heavy atom. The van der Waals surface area contributed by atoms with Crippen LogP contribution >= 0.6 is 0 Å². The molecular formula is C12H16N2O. The summed E-state index contributed by atoms with van der Waals surface area (Å²) in [6, 6.07) is 7.71. The lowest BCUT2D eigenvalue weighted by molar-refractivity contribution is -0.122. The standard InChI is InChI=1S/C12H16N2O/c1-8(13)12(15)11-6-9-4-2-3-5-10(9)7-14-11/h2-5,8,11,14H,6-7,13H2,1H3. The summed E-state index contributed by atoms with van der Waals surface area (Å²) >= 11 is 0. The second kappa shape index (κ2) is 4.13. The molecule has 3 nitrogen and oxygen atoms in total. The Morgan fingerprint density at radius 1 is 1.47 bits per heavy atom. The van der Waals surface area contributed by atoms with Crippen molar-refractivity contribution in [3.63, 3.8) is 0 Å². The van der Waals surface area contributed by atoms with Crippen LogP contribution in [0.2, 0.25) is 0 Å². The average molecular weight is 204 g/mol. The number of nitrogens with one attached hydrogen (secondary N) is 1. The van der Waals surface area contributed by atoms with Crippen LogP contribution in [-0.2, 0) is 17.8 Å². The lowest BCUT2D eigenvalue weighted by Crippen LogP contribution is -2.47. The van der Waals surface area contributed by atoms with E-state index >= 15 is 0 Å². The van der Waals surface area contributed by atoms with Crippen molar-refractivity contribution >= 4 is 5.78 Å². The van der Waals surface area contributed by atoms with Crippen molar-refractivity contribution in [3.8, 4) is 0 Å². The minimum atomic E-state index is -0.382. The van der Waals surface area contributed by atoms with E-state index in [0.29, 0.717) is 0 Å². The SMILES string of the molecule is CC(N)C(=O)C1Cc2ccccc2CN1. The smallest absolute Gasteiger partial charge is 0.166 e. The summed E-state index contributed by atoms with van der Waals surface area (Å²) in [6.45, 7) is 2.50. The van der Waals surface area contributed by atoms with Crippen LogP contribution in [0.1, 0.15) is 18.1 Å². The number of Topliss-reactive ketones (excluding diaryl/α,β-unsaturated/α-hetero) is 1. The van der Waals surface area contributed by atoms with Gasteiger partial charge in [-0.15, -0.1) is 0 Å². The Labute approximate surface area is 89.7 Å². The van der Waals surface area contributed by atoms with E-state index in [0.717, 1.165) is 13.0 Å². The molecule has 3 heteroatoms. The third-order valence-corrected chi connectivity index (χ3v) is 2.87. The first kappa shape index (κ1) is 10.3. The summed E-state index contributed by atoms with van der Waals surface area (Å²) in [5.41, 5.74) is 8.14. The van der Waals surface area contributed by atoms with Crippen LogP contribution in [0.5, 0.6) is 0 Å². The van der Waals surface area contributed by atoms with Crippen LogP contribution in [0.3, 0.4) is 0 Å². The molecule has 0 fully saturated rings. The minimum absolute atomic E-state index is 0.101. The fourth-order valence-electron chi connectivity index (χ4n) is 1.97. The van der Waals surface area contributed by atoms with E-state index in [1.54, 1.807) is 6.92 Å². The number of hydrogen-bond donors (Lipinski definition) is 2. The number of carbonyl (C=O) groups is 1. The number of ketones is 1. The normalized spacial score (nSPS) is 21.9. The van der Waals surface area contributed by atoms with Gasteiger partial charge in [0.15, 0.2) is 5.78 Å². The van der Waals surface area contributed by atoms with Crippen LogP contribution < -0.4 is 11.1 Å². The van der Waals surface area contributed by atoms with E-state index in [1.165, 1.54) is 11.1 Å². The molecule has 80 valence electrons. The summed E-state index contributed by atoms with van der Waals surface area (Å²) in [4.78, 5) is 11.7. The van der Waals surface area contributed by atoms with Crippen LogP contribution in [0.15, 0.2) is 24.3 Å². The highest BCUT2D eigenvalue weighted by atomic mass is 16.1. The summed E-state index contributed by atoms with van der Waals surface area (Å²) < 4.78 is 0. The molecule has 3 N–H and O–H groups in total. The highest BCUT2D eigenvalue weighted by molar-refractivity contribution is 5.89. The number of carbonyl (C=O) groups excluding carboxylic acids is 1. The molecule has 0 bridgehead atoms. The van der Waals surface area contributed by atoms with Gasteiger partial charge in [0.25, 0.3) is 0 Å². The van der Waals surface area contributed by atoms with Gasteiger partial charge in [0.1, 0.15) is 0 Å². The Hall–Kier alpha value is -1.19. The molecule has 1 aliphatic heterocycles. The molecule has 2 atom stereocenters. The summed E-state index contributed by atoms with van der Waals surface area (Å²) in [7, 11) is 0. The molecule has 2 rings (SSSR count). The number of rotatable bonds is 2. The number of fused-ring (bicyclic) bond motifs is 1. The zero-order valence-electron chi connectivity index (χ0n) is 8.86. The molecule has 0 radical (unpaired) electrons. The zero-order valence-corrected chi connectivity index (χ0v) is 8.86. The maximum Gasteiger partial charge on any atom is 0.166 e. The Bertz CT molecular complexity index is 374. The van der Waals surface area contributed by atoms with Crippen molar-refractivity contribution in [2.45, 2.75) is 32.0 Å². The van der Waals surface area contributed by atoms with Gasteiger partial charge in [-0.2, -0.15) is 0 Å². The van der Waals surface area contributed by atoms with E-state index in [2.05, 4.69) is 17.4 Å². The summed E-state index contributed by atoms with van der Waals surface area (Å²) in [5, 5.41) is 3.23. The van der Waals surface area contributed by atoms with Gasteiger partial charge in [-0.3, -0.25) is 4.79 Å². The Kier molecular flexibility index (Phi) is 2.84. The van der Waals surface area contributed by atoms with E-state index in [9.17, 15) is 4.79 Å². The molecule has 0 saturated heterocycles. The Balaban J connectivity index is 2.15. The number of nitrogens with two attached hydrogens (primary N) is 1. The lowest BCUT2D eigenvalue weighted by atomic mass is 9.92. The lowest BCUT2D eigenvalue weighted by Gasteiger charge is -2.26. The predicted molar refractivity (Wildman–Crippen MR) is 59.4 cm³/mol. The fraction of sp³-hybridized carbons (Fsp3) is 0.417. The monoisotopic (exact) mass is 204 g/mol. The summed E-state index contributed by atoms with van der Waals surface area (Å²) in [5.74, 6) is 0.101. The highest BCUT2D eigenvalue weighted by Crippen LogP contribution is 2.16. The third kappa shape index (κ3) is 2.08. The molecule has 1 aliphatic rings. The second-order valence-corrected chi connectivity index (χ2v) is 4.10.